The molecule has 0 bridgehead atoms. The summed E-state index contributed by atoms with van der Waals surface area (Å²) in [4.78, 5) is 10.1. The molecule has 8 heteroatoms. The van der Waals surface area contributed by atoms with E-state index < -0.39 is 0 Å². The van der Waals surface area contributed by atoms with Gasteiger partial charge in [0.25, 0.3) is 0 Å². The monoisotopic (exact) mass is 532 g/mol. The average molecular weight is 532 g/mol. The fourth-order valence-corrected chi connectivity index (χ4v) is 3.90. The molecule has 0 amide bonds. The van der Waals surface area contributed by atoms with Crippen molar-refractivity contribution >= 4 is 41.3 Å². The Hall–Kier alpha value is -1.55. The summed E-state index contributed by atoms with van der Waals surface area (Å²) in [5.41, 5.74) is 2.38. The van der Waals surface area contributed by atoms with Crippen LogP contribution < -0.4 is 20.1 Å². The Morgan fingerprint density at radius 1 is 1.14 bits per heavy atom. The van der Waals surface area contributed by atoms with Crippen LogP contribution in [0.2, 0.25) is 0 Å². The molecule has 2 aromatic rings. The van der Waals surface area contributed by atoms with Gasteiger partial charge in [0.15, 0.2) is 17.5 Å². The maximum atomic E-state index is 5.65. The Bertz CT molecular complexity index is 780. The lowest BCUT2D eigenvalue weighted by Crippen LogP contribution is -2.38. The molecule has 0 fully saturated rings. The molecule has 1 aromatic heterocycles. The number of benzene rings is 1. The fraction of sp³-hybridized carbons (Fsp3) is 0.524. The molecule has 2 rings (SSSR count). The molecule has 162 valence electrons. The highest BCUT2D eigenvalue weighted by Crippen LogP contribution is 2.28. The molecular weight excluding hydrogens is 499 g/mol. The van der Waals surface area contributed by atoms with Crippen molar-refractivity contribution in [2.24, 2.45) is 4.99 Å². The third-order valence-corrected chi connectivity index (χ3v) is 5.46. The summed E-state index contributed by atoms with van der Waals surface area (Å²) in [6.07, 6.45) is 2.93. The molecule has 0 aliphatic carbocycles. The van der Waals surface area contributed by atoms with E-state index in [-0.39, 0.29) is 24.0 Å². The average Bonchev–Trinajstić information content (AvgIpc) is 3.01. The Morgan fingerprint density at radius 3 is 2.52 bits per heavy atom. The van der Waals surface area contributed by atoms with E-state index in [9.17, 15) is 0 Å². The molecule has 0 unspecified atom stereocenters. The third kappa shape index (κ3) is 8.38. The fourth-order valence-electron chi connectivity index (χ4n) is 2.96. The minimum Gasteiger partial charge on any atom is -0.493 e. The van der Waals surface area contributed by atoms with Gasteiger partial charge in [-0.3, -0.25) is 4.99 Å². The lowest BCUT2D eigenvalue weighted by molar-refractivity contribution is 0.310. The van der Waals surface area contributed by atoms with Crippen LogP contribution in [0.5, 0.6) is 11.5 Å². The van der Waals surface area contributed by atoms with Crippen LogP contribution in [0.15, 0.2) is 23.2 Å². The molecule has 0 aliphatic heterocycles. The largest absolute Gasteiger partial charge is 0.493 e. The van der Waals surface area contributed by atoms with E-state index in [0.29, 0.717) is 6.61 Å². The molecular formula is C21H33IN4O2S. The van der Waals surface area contributed by atoms with Gasteiger partial charge in [0.2, 0.25) is 0 Å². The number of aliphatic imine (C=N–C) groups is 1. The van der Waals surface area contributed by atoms with Gasteiger partial charge in [-0.15, -0.1) is 35.3 Å². The second kappa shape index (κ2) is 13.6. The van der Waals surface area contributed by atoms with Crippen molar-refractivity contribution in [3.05, 3.63) is 39.3 Å². The Kier molecular flexibility index (Phi) is 12.0. The van der Waals surface area contributed by atoms with Crippen molar-refractivity contribution in [3.8, 4) is 11.5 Å². The van der Waals surface area contributed by atoms with Crippen molar-refractivity contribution < 1.29 is 9.47 Å². The van der Waals surface area contributed by atoms with Gasteiger partial charge in [-0.25, -0.2) is 4.98 Å². The van der Waals surface area contributed by atoms with Crippen LogP contribution in [0.25, 0.3) is 0 Å². The lowest BCUT2D eigenvalue weighted by Gasteiger charge is -2.13. The van der Waals surface area contributed by atoms with Gasteiger partial charge >= 0.3 is 0 Å². The number of hydrogen-bond acceptors (Lipinski definition) is 5. The van der Waals surface area contributed by atoms with E-state index >= 15 is 0 Å². The van der Waals surface area contributed by atoms with Gasteiger partial charge in [0.1, 0.15) is 0 Å². The predicted molar refractivity (Wildman–Crippen MR) is 133 cm³/mol. The minimum absolute atomic E-state index is 0. The number of methoxy groups -OCH3 is 1. The summed E-state index contributed by atoms with van der Waals surface area (Å²) in [6.45, 7) is 8.43. The number of guanidine groups is 1. The molecule has 0 saturated carbocycles. The first-order valence-corrected chi connectivity index (χ1v) is 10.6. The summed E-state index contributed by atoms with van der Waals surface area (Å²) >= 11 is 1.77. The number of aryl methyl sites for hydroxylation is 3. The molecule has 0 aliphatic rings. The van der Waals surface area contributed by atoms with Crippen molar-refractivity contribution in [3.63, 3.8) is 0 Å². The van der Waals surface area contributed by atoms with Crippen molar-refractivity contribution in [1.29, 1.82) is 0 Å². The van der Waals surface area contributed by atoms with Crippen molar-refractivity contribution in [2.75, 3.05) is 33.9 Å². The zero-order valence-corrected chi connectivity index (χ0v) is 21.1. The predicted octanol–water partition coefficient (Wildman–Crippen LogP) is 4.13. The normalized spacial score (nSPS) is 11.0. The highest BCUT2D eigenvalue weighted by molar-refractivity contribution is 14.0. The van der Waals surface area contributed by atoms with Crippen LogP contribution in [0.4, 0.5) is 0 Å². The van der Waals surface area contributed by atoms with Crippen molar-refractivity contribution in [2.45, 2.75) is 40.0 Å². The highest BCUT2D eigenvalue weighted by atomic mass is 127. The third-order valence-electron chi connectivity index (χ3n) is 4.33. The summed E-state index contributed by atoms with van der Waals surface area (Å²) in [5.74, 6) is 2.42. The Morgan fingerprint density at radius 2 is 1.90 bits per heavy atom. The van der Waals surface area contributed by atoms with Gasteiger partial charge in [-0.05, 0) is 51.3 Å². The maximum absolute atomic E-state index is 5.65. The number of nitrogens with zero attached hydrogens (tertiary/aromatic N) is 2. The number of rotatable bonds is 10. The molecule has 1 aromatic carbocycles. The maximum Gasteiger partial charge on any atom is 0.190 e. The molecule has 1 heterocycles. The quantitative estimate of drug-likeness (QED) is 0.209. The first-order chi connectivity index (χ1) is 13.6. The topological polar surface area (TPSA) is 67.8 Å². The Labute approximate surface area is 195 Å². The van der Waals surface area contributed by atoms with Gasteiger partial charge in [0.05, 0.1) is 24.4 Å². The van der Waals surface area contributed by atoms with E-state index in [1.165, 1.54) is 10.4 Å². The van der Waals surface area contributed by atoms with Gasteiger partial charge in [0, 0.05) is 31.4 Å². The zero-order chi connectivity index (χ0) is 20.4. The van der Waals surface area contributed by atoms with E-state index in [1.807, 2.05) is 13.0 Å². The number of halogens is 1. The number of thiazole rings is 1. The Balaban J connectivity index is 0.00000420. The molecule has 0 saturated heterocycles. The minimum atomic E-state index is 0. The van der Waals surface area contributed by atoms with Gasteiger partial charge in [-0.1, -0.05) is 6.07 Å². The first-order valence-electron chi connectivity index (χ1n) is 9.74. The smallest absolute Gasteiger partial charge is 0.190 e. The second-order valence-corrected chi connectivity index (χ2v) is 7.73. The van der Waals surface area contributed by atoms with E-state index in [1.54, 1.807) is 25.5 Å². The first kappa shape index (κ1) is 25.5. The molecule has 0 atom stereocenters. The summed E-state index contributed by atoms with van der Waals surface area (Å²) < 4.78 is 11.0. The van der Waals surface area contributed by atoms with Gasteiger partial charge < -0.3 is 20.1 Å². The van der Waals surface area contributed by atoms with Crippen LogP contribution in [-0.4, -0.2) is 44.8 Å². The van der Waals surface area contributed by atoms with Gasteiger partial charge in [-0.2, -0.15) is 0 Å². The molecule has 0 radical (unpaired) electrons. The van der Waals surface area contributed by atoms with Crippen LogP contribution >= 0.6 is 35.3 Å². The number of aromatic nitrogens is 1. The van der Waals surface area contributed by atoms with Crippen LogP contribution in [0.1, 0.15) is 34.5 Å². The summed E-state index contributed by atoms with van der Waals surface area (Å²) in [5, 5.41) is 7.88. The van der Waals surface area contributed by atoms with Crippen LogP contribution in [0, 0.1) is 13.8 Å². The van der Waals surface area contributed by atoms with Crippen LogP contribution in [0.3, 0.4) is 0 Å². The second-order valence-electron chi connectivity index (χ2n) is 6.44. The molecule has 0 spiro atoms. The van der Waals surface area contributed by atoms with Crippen molar-refractivity contribution in [1.82, 2.24) is 15.6 Å². The van der Waals surface area contributed by atoms with E-state index in [0.717, 1.165) is 60.5 Å². The zero-order valence-electron chi connectivity index (χ0n) is 18.0. The summed E-state index contributed by atoms with van der Waals surface area (Å²) in [6, 6.07) is 6.12. The molecule has 29 heavy (non-hydrogen) atoms. The molecule has 2 N–H and O–H groups in total. The number of ether oxygens (including phenoxy) is 2. The van der Waals surface area contributed by atoms with Crippen LogP contribution in [-0.2, 0) is 12.8 Å². The number of nitrogens with one attached hydrogen (secondary N) is 2. The lowest BCUT2D eigenvalue weighted by atomic mass is 10.1. The molecule has 6 nitrogen and oxygen atoms in total. The highest BCUT2D eigenvalue weighted by Gasteiger charge is 2.07. The number of hydrogen-bond donors (Lipinski definition) is 2. The van der Waals surface area contributed by atoms with E-state index in [4.69, 9.17) is 9.47 Å². The SMILES string of the molecule is CCOc1cc(CCCNC(=NC)NCCc2sc(C)nc2C)ccc1OC.I. The standard InChI is InChI=1S/C21H32N4O2S.HI/c1-6-27-19-14-17(9-10-18(19)26-5)8-7-12-23-21(22-4)24-13-11-20-15(2)25-16(3)28-20;/h9-10,14H,6-8,11-13H2,1-5H3,(H2,22,23,24);1H. The van der Waals surface area contributed by atoms with E-state index in [2.05, 4.69) is 46.6 Å². The summed E-state index contributed by atoms with van der Waals surface area (Å²) in [7, 11) is 3.47.